The predicted octanol–water partition coefficient (Wildman–Crippen LogP) is 1.59. The van der Waals surface area contributed by atoms with Crippen LogP contribution >= 0.6 is 22.7 Å². The number of nitrogens with two attached hydrogens (primary N) is 1. The summed E-state index contributed by atoms with van der Waals surface area (Å²) in [6, 6.07) is 0. The summed E-state index contributed by atoms with van der Waals surface area (Å²) in [5.74, 6) is -0.143. The second-order valence-electron chi connectivity index (χ2n) is 3.82. The number of hydrogen-bond acceptors (Lipinski definition) is 7. The maximum Gasteiger partial charge on any atom is 0.270 e. The predicted molar refractivity (Wildman–Crippen MR) is 78.8 cm³/mol. The number of nitrogen functional groups attached to an aromatic ring is 1. The minimum absolute atomic E-state index is 0.143. The van der Waals surface area contributed by atoms with Crippen molar-refractivity contribution in [3.05, 3.63) is 22.1 Å². The first-order valence-electron chi connectivity index (χ1n) is 5.80. The molecule has 0 fully saturated rings. The molecule has 19 heavy (non-hydrogen) atoms. The zero-order chi connectivity index (χ0) is 13.7. The molecular weight excluding hydrogens is 282 g/mol. The lowest BCUT2D eigenvalue weighted by atomic mass is 10.2. The van der Waals surface area contributed by atoms with E-state index in [1.165, 1.54) is 22.7 Å². The molecule has 1 amide bonds. The van der Waals surface area contributed by atoms with Crippen LogP contribution in [-0.4, -0.2) is 29.5 Å². The number of nitrogens with zero attached hydrogens (tertiary/aromatic N) is 2. The lowest BCUT2D eigenvalue weighted by molar-refractivity contribution is 0.0949. The molecule has 2 rings (SSSR count). The summed E-state index contributed by atoms with van der Waals surface area (Å²) in [5, 5.41) is 10.7. The van der Waals surface area contributed by atoms with E-state index in [4.69, 9.17) is 5.73 Å². The Balaban J connectivity index is 1.72. The van der Waals surface area contributed by atoms with Crippen molar-refractivity contribution in [2.24, 2.45) is 0 Å². The average molecular weight is 297 g/mol. The van der Waals surface area contributed by atoms with Gasteiger partial charge in [-0.3, -0.25) is 4.79 Å². The van der Waals surface area contributed by atoms with Gasteiger partial charge in [-0.05, 0) is 12.8 Å². The van der Waals surface area contributed by atoms with Crippen molar-refractivity contribution in [3.63, 3.8) is 0 Å². The van der Waals surface area contributed by atoms with Crippen LogP contribution in [0.3, 0.4) is 0 Å². The largest absolute Gasteiger partial charge is 0.375 e. The first kappa shape index (κ1) is 13.8. The summed E-state index contributed by atoms with van der Waals surface area (Å²) in [5.41, 5.74) is 6.97. The second kappa shape index (κ2) is 6.48. The van der Waals surface area contributed by atoms with Crippen LogP contribution in [0.25, 0.3) is 0 Å². The van der Waals surface area contributed by atoms with Gasteiger partial charge in [-0.25, -0.2) is 9.97 Å². The third kappa shape index (κ3) is 3.90. The van der Waals surface area contributed by atoms with Crippen molar-refractivity contribution in [3.8, 4) is 0 Å². The number of aryl methyl sites for hydroxylation is 1. The van der Waals surface area contributed by atoms with Crippen LogP contribution < -0.4 is 16.4 Å². The Kier molecular flexibility index (Phi) is 4.69. The van der Waals surface area contributed by atoms with Gasteiger partial charge in [0.2, 0.25) is 0 Å². The highest BCUT2D eigenvalue weighted by Crippen LogP contribution is 2.14. The molecule has 0 radical (unpaired) electrons. The molecule has 2 aromatic rings. The summed E-state index contributed by atoms with van der Waals surface area (Å²) in [6.07, 6.45) is 1.64. The van der Waals surface area contributed by atoms with Gasteiger partial charge in [-0.1, -0.05) is 0 Å². The molecule has 0 saturated heterocycles. The molecule has 8 heteroatoms. The van der Waals surface area contributed by atoms with Crippen molar-refractivity contribution in [2.75, 3.05) is 24.6 Å². The Morgan fingerprint density at radius 2 is 2.21 bits per heavy atom. The maximum atomic E-state index is 11.8. The molecule has 0 bridgehead atoms. The maximum absolute atomic E-state index is 11.8. The minimum Gasteiger partial charge on any atom is -0.375 e. The molecule has 0 spiro atoms. The summed E-state index contributed by atoms with van der Waals surface area (Å²) in [7, 11) is 1.78. The first-order valence-corrected chi connectivity index (χ1v) is 7.56. The number of carbonyl (C=O) groups excluding carboxylic acids is 1. The molecule has 0 unspecified atom stereocenters. The van der Waals surface area contributed by atoms with E-state index in [-0.39, 0.29) is 5.91 Å². The number of aromatic nitrogens is 2. The molecule has 0 saturated carbocycles. The zero-order valence-corrected chi connectivity index (χ0v) is 12.1. The van der Waals surface area contributed by atoms with Crippen molar-refractivity contribution in [1.82, 2.24) is 15.3 Å². The molecule has 6 nitrogen and oxygen atoms in total. The van der Waals surface area contributed by atoms with E-state index >= 15 is 0 Å². The highest BCUT2D eigenvalue weighted by molar-refractivity contribution is 7.14. The smallest absolute Gasteiger partial charge is 0.270 e. The molecule has 0 aliphatic rings. The minimum atomic E-state index is -0.143. The van der Waals surface area contributed by atoms with Crippen LogP contribution in [0.1, 0.15) is 22.6 Å². The third-order valence-corrected chi connectivity index (χ3v) is 4.00. The van der Waals surface area contributed by atoms with E-state index in [0.717, 1.165) is 23.7 Å². The van der Waals surface area contributed by atoms with Crippen molar-refractivity contribution in [2.45, 2.75) is 12.8 Å². The normalized spacial score (nSPS) is 10.4. The lowest BCUT2D eigenvalue weighted by Gasteiger charge is -2.01. The molecule has 0 aromatic carbocycles. The van der Waals surface area contributed by atoms with E-state index in [0.29, 0.717) is 17.4 Å². The van der Waals surface area contributed by atoms with E-state index in [9.17, 15) is 4.79 Å². The van der Waals surface area contributed by atoms with Gasteiger partial charge in [-0.15, -0.1) is 22.7 Å². The molecule has 2 heterocycles. The monoisotopic (exact) mass is 297 g/mol. The molecule has 0 aliphatic carbocycles. The van der Waals surface area contributed by atoms with Gasteiger partial charge in [0, 0.05) is 24.4 Å². The Bertz CT molecular complexity index is 551. The van der Waals surface area contributed by atoms with Gasteiger partial charge in [0.15, 0.2) is 10.3 Å². The number of anilines is 2. The number of hydrogen-bond donors (Lipinski definition) is 3. The van der Waals surface area contributed by atoms with Crippen molar-refractivity contribution < 1.29 is 4.79 Å². The van der Waals surface area contributed by atoms with Gasteiger partial charge < -0.3 is 16.4 Å². The molecule has 0 atom stereocenters. The van der Waals surface area contributed by atoms with Gasteiger partial charge in [0.25, 0.3) is 5.91 Å². The van der Waals surface area contributed by atoms with Crippen LogP contribution in [0, 0.1) is 0 Å². The Morgan fingerprint density at radius 1 is 1.37 bits per heavy atom. The standard InChI is InChI=1S/C11H15N5OS2/c1-13-11-16-8(6-19-11)9(17)14-4-2-3-7-5-18-10(12)15-7/h5-6H,2-4H2,1H3,(H2,12,15)(H,13,16)(H,14,17). The van der Waals surface area contributed by atoms with E-state index in [1.54, 1.807) is 12.4 Å². The Labute approximate surface area is 119 Å². The van der Waals surface area contributed by atoms with Crippen LogP contribution in [0.5, 0.6) is 0 Å². The number of rotatable bonds is 6. The molecule has 0 aliphatic heterocycles. The fraction of sp³-hybridized carbons (Fsp3) is 0.364. The van der Waals surface area contributed by atoms with Crippen LogP contribution in [0.4, 0.5) is 10.3 Å². The highest BCUT2D eigenvalue weighted by atomic mass is 32.1. The summed E-state index contributed by atoms with van der Waals surface area (Å²) < 4.78 is 0. The fourth-order valence-corrected chi connectivity index (χ4v) is 2.74. The third-order valence-electron chi connectivity index (χ3n) is 2.42. The Hall–Kier alpha value is -1.67. The molecule has 102 valence electrons. The fourth-order valence-electron chi connectivity index (χ4n) is 1.49. The summed E-state index contributed by atoms with van der Waals surface area (Å²) >= 11 is 2.85. The summed E-state index contributed by atoms with van der Waals surface area (Å²) in [4.78, 5) is 20.1. The second-order valence-corrected chi connectivity index (χ2v) is 5.57. The number of carbonyl (C=O) groups is 1. The molecular formula is C11H15N5OS2. The number of nitrogens with one attached hydrogen (secondary N) is 2. The van der Waals surface area contributed by atoms with E-state index in [1.807, 2.05) is 5.38 Å². The van der Waals surface area contributed by atoms with Gasteiger partial charge in [-0.2, -0.15) is 0 Å². The number of amides is 1. The SMILES string of the molecule is CNc1nc(C(=O)NCCCc2csc(N)n2)cs1. The van der Waals surface area contributed by atoms with Crippen molar-refractivity contribution in [1.29, 1.82) is 0 Å². The van der Waals surface area contributed by atoms with E-state index in [2.05, 4.69) is 20.6 Å². The van der Waals surface area contributed by atoms with Crippen molar-refractivity contribution >= 4 is 38.8 Å². The van der Waals surface area contributed by atoms with Crippen LogP contribution in [-0.2, 0) is 6.42 Å². The number of thiazole rings is 2. The Morgan fingerprint density at radius 3 is 2.84 bits per heavy atom. The quantitative estimate of drug-likeness (QED) is 0.704. The molecule has 2 aromatic heterocycles. The lowest BCUT2D eigenvalue weighted by Crippen LogP contribution is -2.25. The highest BCUT2D eigenvalue weighted by Gasteiger charge is 2.09. The summed E-state index contributed by atoms with van der Waals surface area (Å²) in [6.45, 7) is 0.600. The first-order chi connectivity index (χ1) is 9.19. The molecule has 4 N–H and O–H groups in total. The van der Waals surface area contributed by atoms with Crippen LogP contribution in [0.15, 0.2) is 10.8 Å². The van der Waals surface area contributed by atoms with Gasteiger partial charge in [0.1, 0.15) is 5.69 Å². The van der Waals surface area contributed by atoms with Gasteiger partial charge in [0.05, 0.1) is 5.69 Å². The van der Waals surface area contributed by atoms with Gasteiger partial charge >= 0.3 is 0 Å². The average Bonchev–Trinajstić information content (AvgIpc) is 3.03. The van der Waals surface area contributed by atoms with E-state index < -0.39 is 0 Å². The van der Waals surface area contributed by atoms with Crippen LogP contribution in [0.2, 0.25) is 0 Å². The zero-order valence-electron chi connectivity index (χ0n) is 10.5. The topological polar surface area (TPSA) is 92.9 Å².